The van der Waals surface area contributed by atoms with E-state index < -0.39 is 7.52 Å². The third-order valence-electron chi connectivity index (χ3n) is 10.3. The molecule has 11 heteroatoms. The van der Waals surface area contributed by atoms with Gasteiger partial charge >= 0.3 is 7.52 Å². The SMILES string of the molecule is C#CP(=O)(Nc1ccc(CCNC(=O)CCCCCN2/C(=C/C=C/C=C/C3=[N+](C)c4ccccc4C3(C)C)C(C)(C)c3ccccc32)cc1)OCC.COOO. The average Bonchev–Trinajstić information content (AvgIpc) is 3.52. The standard InChI is InChI=1S/C44H53N4O3P.CH4O3/c1-8-51-52(50,9-2)46-35-29-27-34(28-30-35)31-32-45-42(49)26-14-11-19-33-48-39-23-18-16-21-37(39)44(5,6)41(48)25-13-10-12-24-40-43(3,4)36-20-15-17-22-38(36)47(40)7;1-3-4-2/h2,10,12-13,15-18,20-25,27-30H,8,11,14,19,26,31-33H2,1,3-7H3,(H-,45,46,49,50);2H,1H3/p+1. The van der Waals surface area contributed by atoms with Crippen LogP contribution in [0.3, 0.4) is 0 Å². The van der Waals surface area contributed by atoms with E-state index in [4.69, 9.17) is 16.2 Å². The molecule has 0 aliphatic carbocycles. The molecule has 298 valence electrons. The fourth-order valence-corrected chi connectivity index (χ4v) is 8.46. The summed E-state index contributed by atoms with van der Waals surface area (Å²) in [6, 6.07) is 24.9. The molecule has 1 atom stereocenters. The lowest BCUT2D eigenvalue weighted by molar-refractivity contribution is -0.479. The first-order chi connectivity index (χ1) is 26.8. The average molecular weight is 782 g/mol. The number of benzene rings is 3. The summed E-state index contributed by atoms with van der Waals surface area (Å²) in [6.07, 6.45) is 20.4. The van der Waals surface area contributed by atoms with Gasteiger partial charge in [-0.1, -0.05) is 92.1 Å². The van der Waals surface area contributed by atoms with Gasteiger partial charge < -0.3 is 19.8 Å². The maximum atomic E-state index is 12.6. The summed E-state index contributed by atoms with van der Waals surface area (Å²) >= 11 is 0. The summed E-state index contributed by atoms with van der Waals surface area (Å²) in [5.74, 6) is 0.0746. The summed E-state index contributed by atoms with van der Waals surface area (Å²) in [5.41, 5.74) is 11.6. The Morgan fingerprint density at radius 1 is 0.946 bits per heavy atom. The number of terminal acetylenes is 1. The lowest BCUT2D eigenvalue weighted by Crippen LogP contribution is -2.27. The van der Waals surface area contributed by atoms with E-state index in [1.165, 1.54) is 41.0 Å². The van der Waals surface area contributed by atoms with Crippen molar-refractivity contribution in [3.63, 3.8) is 0 Å². The normalized spacial score (nSPS) is 17.0. The molecule has 10 nitrogen and oxygen atoms in total. The van der Waals surface area contributed by atoms with Gasteiger partial charge in [-0.2, -0.15) is 4.58 Å². The number of nitrogens with zero attached hydrogens (tertiary/aromatic N) is 2. The van der Waals surface area contributed by atoms with Gasteiger partial charge in [-0.15, -0.1) is 6.42 Å². The summed E-state index contributed by atoms with van der Waals surface area (Å²) in [7, 11) is 0.0262. The van der Waals surface area contributed by atoms with Crippen molar-refractivity contribution in [1.82, 2.24) is 5.32 Å². The molecule has 2 aliphatic rings. The summed E-state index contributed by atoms with van der Waals surface area (Å²) < 4.78 is 20.0. The molecule has 0 spiro atoms. The number of carbonyl (C=O) groups excluding carboxylic acids is 1. The molecule has 3 aromatic rings. The van der Waals surface area contributed by atoms with E-state index in [9.17, 15) is 9.36 Å². The molecule has 3 N–H and O–H groups in total. The number of fused-ring (bicyclic) bond motifs is 2. The maximum Gasteiger partial charge on any atom is 0.367 e. The number of nitrogens with one attached hydrogen (secondary N) is 2. The molecule has 0 saturated carbocycles. The van der Waals surface area contributed by atoms with Crippen LogP contribution in [0.4, 0.5) is 17.1 Å². The zero-order valence-electron chi connectivity index (χ0n) is 33.9. The van der Waals surface area contributed by atoms with Gasteiger partial charge in [-0.3, -0.25) is 9.36 Å². The van der Waals surface area contributed by atoms with E-state index in [-0.39, 0.29) is 23.3 Å². The second-order valence-corrected chi connectivity index (χ2v) is 16.6. The molecule has 0 fully saturated rings. The van der Waals surface area contributed by atoms with Crippen LogP contribution in [0.2, 0.25) is 0 Å². The molecular weight excluding hydrogens is 723 g/mol. The number of para-hydroxylation sites is 2. The predicted octanol–water partition coefficient (Wildman–Crippen LogP) is 9.68. The van der Waals surface area contributed by atoms with Crippen molar-refractivity contribution in [3.05, 3.63) is 126 Å². The van der Waals surface area contributed by atoms with Crippen LogP contribution in [-0.2, 0) is 41.1 Å². The molecule has 0 radical (unpaired) electrons. The van der Waals surface area contributed by atoms with Gasteiger partial charge in [0.15, 0.2) is 5.71 Å². The van der Waals surface area contributed by atoms with Crippen LogP contribution in [-0.4, -0.2) is 55.3 Å². The number of carbonyl (C=O) groups is 1. The molecule has 1 unspecified atom stereocenters. The third-order valence-corrected chi connectivity index (χ3v) is 11.8. The Kier molecular flexibility index (Phi) is 16.0. The Balaban J connectivity index is 0.00000166. The van der Waals surface area contributed by atoms with Crippen LogP contribution in [0.25, 0.3) is 0 Å². The highest BCUT2D eigenvalue weighted by Crippen LogP contribution is 2.48. The zero-order valence-corrected chi connectivity index (χ0v) is 34.8. The van der Waals surface area contributed by atoms with Crippen LogP contribution < -0.4 is 15.3 Å². The van der Waals surface area contributed by atoms with Crippen LogP contribution in [0.15, 0.2) is 109 Å². The lowest BCUT2D eigenvalue weighted by atomic mass is 9.81. The summed E-state index contributed by atoms with van der Waals surface area (Å²) in [5, 5.41) is 16.1. The molecule has 2 aliphatic heterocycles. The van der Waals surface area contributed by atoms with Gasteiger partial charge in [0.2, 0.25) is 11.6 Å². The number of unbranched alkanes of at least 4 members (excludes halogenated alkanes) is 2. The molecule has 56 heavy (non-hydrogen) atoms. The minimum atomic E-state index is -3.33. The van der Waals surface area contributed by atoms with E-state index in [1.807, 2.05) is 24.3 Å². The van der Waals surface area contributed by atoms with E-state index in [0.29, 0.717) is 25.1 Å². The Hall–Kier alpha value is -4.75. The number of amides is 1. The van der Waals surface area contributed by atoms with Crippen molar-refractivity contribution in [3.8, 4) is 12.1 Å². The van der Waals surface area contributed by atoms with Crippen LogP contribution in [0.1, 0.15) is 77.0 Å². The summed E-state index contributed by atoms with van der Waals surface area (Å²) in [4.78, 5) is 18.7. The molecule has 0 bridgehead atoms. The second-order valence-electron chi connectivity index (χ2n) is 14.7. The first-order valence-electron chi connectivity index (χ1n) is 19.2. The van der Waals surface area contributed by atoms with E-state index in [0.717, 1.165) is 31.4 Å². The topological polar surface area (TPSA) is 112 Å². The van der Waals surface area contributed by atoms with Gasteiger partial charge in [-0.25, -0.2) is 10.1 Å². The largest absolute Gasteiger partial charge is 0.367 e. The Morgan fingerprint density at radius 3 is 2.29 bits per heavy atom. The third kappa shape index (κ3) is 11.0. The molecule has 3 aromatic carbocycles. The van der Waals surface area contributed by atoms with Crippen LogP contribution in [0.5, 0.6) is 0 Å². The molecule has 2 heterocycles. The maximum absolute atomic E-state index is 12.6. The van der Waals surface area contributed by atoms with E-state index in [1.54, 1.807) is 6.92 Å². The van der Waals surface area contributed by atoms with Crippen molar-refractivity contribution < 1.29 is 33.6 Å². The number of hydrogen-bond acceptors (Lipinski definition) is 7. The van der Waals surface area contributed by atoms with E-state index >= 15 is 0 Å². The highest BCUT2D eigenvalue weighted by molar-refractivity contribution is 7.65. The highest BCUT2D eigenvalue weighted by atomic mass is 31.2. The van der Waals surface area contributed by atoms with Crippen molar-refractivity contribution in [1.29, 1.82) is 0 Å². The second kappa shape index (κ2) is 20.4. The lowest BCUT2D eigenvalue weighted by Gasteiger charge is -2.27. The Bertz CT molecular complexity index is 2010. The molecule has 0 aromatic heterocycles. The first kappa shape index (κ1) is 44.0. The zero-order chi connectivity index (χ0) is 40.8. The van der Waals surface area contributed by atoms with Gasteiger partial charge in [0, 0.05) is 65.4 Å². The van der Waals surface area contributed by atoms with Gasteiger partial charge in [-0.05, 0) is 75.4 Å². The van der Waals surface area contributed by atoms with Crippen molar-refractivity contribution in [2.45, 2.75) is 77.6 Å². The Morgan fingerprint density at radius 2 is 1.62 bits per heavy atom. The number of rotatable bonds is 17. The van der Waals surface area contributed by atoms with Gasteiger partial charge in [0.05, 0.1) is 19.1 Å². The van der Waals surface area contributed by atoms with Crippen LogP contribution in [0, 0.1) is 12.1 Å². The van der Waals surface area contributed by atoms with Crippen molar-refractivity contribution in [2.75, 3.05) is 43.8 Å². The molecule has 5 rings (SSSR count). The molecule has 0 saturated heterocycles. The monoisotopic (exact) mass is 781 g/mol. The molecule has 1 amide bonds. The minimum Gasteiger partial charge on any atom is -0.356 e. The highest BCUT2D eigenvalue weighted by Gasteiger charge is 2.42. The van der Waals surface area contributed by atoms with E-state index in [2.05, 4.69) is 149 Å². The minimum absolute atomic E-state index is 0.0461. The van der Waals surface area contributed by atoms with Gasteiger partial charge in [0.25, 0.3) is 0 Å². The summed E-state index contributed by atoms with van der Waals surface area (Å²) in [6.45, 7) is 12.7. The predicted molar refractivity (Wildman–Crippen MR) is 228 cm³/mol. The van der Waals surface area contributed by atoms with Crippen molar-refractivity contribution in [2.24, 2.45) is 0 Å². The Labute approximate surface area is 333 Å². The van der Waals surface area contributed by atoms with Crippen LogP contribution >= 0.6 is 7.52 Å². The van der Waals surface area contributed by atoms with Gasteiger partial charge in [0.1, 0.15) is 7.05 Å². The fraction of sp³-hybridized carbons (Fsp3) is 0.378. The smallest absolute Gasteiger partial charge is 0.356 e. The molecular formula is C45H58N4O6P+. The number of hydrogen-bond donors (Lipinski definition) is 3. The number of allylic oxidation sites excluding steroid dienone is 6. The van der Waals surface area contributed by atoms with Crippen molar-refractivity contribution >= 4 is 36.2 Å². The fourth-order valence-electron chi connectivity index (χ4n) is 7.41. The first-order valence-corrected chi connectivity index (χ1v) is 20.8. The number of anilines is 2. The quantitative estimate of drug-likeness (QED) is 0.0236.